The minimum Gasteiger partial charge on any atom is -0.480 e. The van der Waals surface area contributed by atoms with Crippen molar-refractivity contribution in [3.05, 3.63) is 29.3 Å². The summed E-state index contributed by atoms with van der Waals surface area (Å²) in [6.07, 6.45) is 4.31. The lowest BCUT2D eigenvalue weighted by Gasteiger charge is -2.32. The van der Waals surface area contributed by atoms with E-state index in [9.17, 15) is 22.0 Å². The molecule has 2 bridgehead atoms. The van der Waals surface area contributed by atoms with Crippen LogP contribution in [0, 0.1) is 11.6 Å². The van der Waals surface area contributed by atoms with Crippen molar-refractivity contribution in [2.45, 2.75) is 56.2 Å². The molecule has 1 aromatic rings. The summed E-state index contributed by atoms with van der Waals surface area (Å²) in [5.41, 5.74) is 0.451. The number of amides is 1. The van der Waals surface area contributed by atoms with E-state index in [4.69, 9.17) is 9.47 Å². The van der Waals surface area contributed by atoms with Crippen molar-refractivity contribution in [1.29, 1.82) is 0 Å². The van der Waals surface area contributed by atoms with Gasteiger partial charge in [0.15, 0.2) is 18.2 Å². The SMILES string of the molecule is CS(=O)(=O)NC1CCN2C(=O)COc3c(F)cc(F)cc3C3CCC(CC3)OC[C@@H]12. The Morgan fingerprint density at radius 3 is 2.57 bits per heavy atom. The fourth-order valence-electron chi connectivity index (χ4n) is 4.81. The standard InChI is InChI=1S/C20H26F2N2O5S/c1-30(26,27)23-17-6-7-24-18(17)10-28-14-4-2-12(3-5-14)15-8-13(21)9-16(22)20(15)29-11-19(24)25/h8-9,12,14,17-18,23H,2-7,10-11H2,1H3/t12?,14?,17?,18-/m0/s1. The van der Waals surface area contributed by atoms with Crippen molar-refractivity contribution in [3.63, 3.8) is 0 Å². The van der Waals surface area contributed by atoms with Crippen LogP contribution in [0.25, 0.3) is 0 Å². The molecule has 4 aliphatic rings. The summed E-state index contributed by atoms with van der Waals surface area (Å²) in [6.45, 7) is 0.146. The van der Waals surface area contributed by atoms with Gasteiger partial charge in [0.25, 0.3) is 5.91 Å². The zero-order chi connectivity index (χ0) is 21.5. The predicted octanol–water partition coefficient (Wildman–Crippen LogP) is 1.92. The third kappa shape index (κ3) is 4.60. The molecule has 1 saturated carbocycles. The van der Waals surface area contributed by atoms with Crippen molar-refractivity contribution in [2.75, 3.05) is 26.0 Å². The van der Waals surface area contributed by atoms with E-state index in [1.165, 1.54) is 11.0 Å². The molecule has 1 amide bonds. The van der Waals surface area contributed by atoms with Crippen LogP contribution in [0.5, 0.6) is 5.75 Å². The maximum Gasteiger partial charge on any atom is 0.260 e. The number of ether oxygens (including phenoxy) is 2. The van der Waals surface area contributed by atoms with Gasteiger partial charge in [0.1, 0.15) is 5.82 Å². The second-order valence-corrected chi connectivity index (χ2v) is 10.1. The van der Waals surface area contributed by atoms with Crippen molar-refractivity contribution >= 4 is 15.9 Å². The second kappa shape index (κ2) is 8.39. The van der Waals surface area contributed by atoms with Crippen molar-refractivity contribution in [2.24, 2.45) is 0 Å². The van der Waals surface area contributed by atoms with Gasteiger partial charge in [0.05, 0.1) is 25.0 Å². The summed E-state index contributed by atoms with van der Waals surface area (Å²) < 4.78 is 66.1. The Morgan fingerprint density at radius 2 is 1.87 bits per heavy atom. The second-order valence-electron chi connectivity index (χ2n) is 8.34. The molecule has 1 unspecified atom stereocenters. The molecule has 1 aliphatic carbocycles. The Bertz CT molecular complexity index is 918. The number of carbonyl (C=O) groups excluding carboxylic acids is 1. The largest absolute Gasteiger partial charge is 0.480 e. The summed E-state index contributed by atoms with van der Waals surface area (Å²) in [6, 6.07) is 1.13. The molecular formula is C20H26F2N2O5S. The lowest BCUT2D eigenvalue weighted by Crippen LogP contribution is -2.50. The Balaban J connectivity index is 1.63. The molecule has 2 fully saturated rings. The molecule has 30 heavy (non-hydrogen) atoms. The van der Waals surface area contributed by atoms with Crippen molar-refractivity contribution in [1.82, 2.24) is 9.62 Å². The first kappa shape index (κ1) is 21.5. The first-order valence-electron chi connectivity index (χ1n) is 10.2. The normalized spacial score (nSPS) is 30.0. The number of sulfonamides is 1. The number of fused-ring (bicyclic) bond motifs is 5. The number of hydrogen-bond donors (Lipinski definition) is 1. The van der Waals surface area contributed by atoms with Gasteiger partial charge < -0.3 is 14.4 Å². The highest BCUT2D eigenvalue weighted by atomic mass is 32.2. The maximum absolute atomic E-state index is 14.5. The van der Waals surface area contributed by atoms with Gasteiger partial charge in [-0.3, -0.25) is 4.79 Å². The fourth-order valence-corrected chi connectivity index (χ4v) is 5.63. The molecule has 2 atom stereocenters. The van der Waals surface area contributed by atoms with Gasteiger partial charge in [-0.2, -0.15) is 0 Å². The van der Waals surface area contributed by atoms with Crippen molar-refractivity contribution in [3.8, 4) is 5.75 Å². The van der Waals surface area contributed by atoms with Gasteiger partial charge >= 0.3 is 0 Å². The minimum atomic E-state index is -3.45. The number of carbonyl (C=O) groups is 1. The van der Waals surface area contributed by atoms with Crippen LogP contribution in [0.2, 0.25) is 0 Å². The minimum absolute atomic E-state index is 0.0405. The molecule has 1 N–H and O–H groups in total. The van der Waals surface area contributed by atoms with Gasteiger partial charge in [0.2, 0.25) is 10.0 Å². The third-order valence-corrected chi connectivity index (χ3v) is 6.96. The number of halogens is 2. The molecule has 10 heteroatoms. The van der Waals surface area contributed by atoms with Crippen LogP contribution in [-0.4, -0.2) is 63.4 Å². The van der Waals surface area contributed by atoms with Gasteiger partial charge in [-0.15, -0.1) is 0 Å². The topological polar surface area (TPSA) is 84.9 Å². The molecule has 3 heterocycles. The lowest BCUT2D eigenvalue weighted by molar-refractivity contribution is -0.136. The van der Waals surface area contributed by atoms with Gasteiger partial charge in [-0.25, -0.2) is 21.9 Å². The number of benzene rings is 1. The van der Waals surface area contributed by atoms with Crippen LogP contribution in [0.1, 0.15) is 43.6 Å². The average molecular weight is 445 g/mol. The van der Waals surface area contributed by atoms with E-state index in [1.54, 1.807) is 0 Å². The van der Waals surface area contributed by atoms with E-state index >= 15 is 0 Å². The summed E-state index contributed by atoms with van der Waals surface area (Å²) in [4.78, 5) is 14.4. The average Bonchev–Trinajstić information content (AvgIpc) is 3.06. The summed E-state index contributed by atoms with van der Waals surface area (Å²) in [5.74, 6) is -2.02. The zero-order valence-corrected chi connectivity index (χ0v) is 17.6. The molecule has 0 spiro atoms. The molecule has 3 aliphatic heterocycles. The van der Waals surface area contributed by atoms with Crippen molar-refractivity contribution < 1.29 is 31.5 Å². The maximum atomic E-state index is 14.5. The lowest BCUT2D eigenvalue weighted by atomic mass is 9.82. The summed E-state index contributed by atoms with van der Waals surface area (Å²) in [7, 11) is -3.45. The van der Waals surface area contributed by atoms with Crippen LogP contribution < -0.4 is 9.46 Å². The Kier molecular flexibility index (Phi) is 6.00. The molecular weight excluding hydrogens is 418 g/mol. The van der Waals surface area contributed by atoms with Gasteiger partial charge in [-0.1, -0.05) is 0 Å². The van der Waals surface area contributed by atoms with Gasteiger partial charge in [0, 0.05) is 24.2 Å². The summed E-state index contributed by atoms with van der Waals surface area (Å²) in [5, 5.41) is 0. The van der Waals surface area contributed by atoms with Crippen LogP contribution in [0.4, 0.5) is 8.78 Å². The van der Waals surface area contributed by atoms with Crippen LogP contribution in [-0.2, 0) is 19.6 Å². The van der Waals surface area contributed by atoms with Crippen LogP contribution in [0.3, 0.4) is 0 Å². The molecule has 0 radical (unpaired) electrons. The number of rotatable bonds is 2. The quantitative estimate of drug-likeness (QED) is 0.754. The van der Waals surface area contributed by atoms with E-state index in [-0.39, 0.29) is 30.3 Å². The van der Waals surface area contributed by atoms with Crippen LogP contribution >= 0.6 is 0 Å². The highest BCUT2D eigenvalue weighted by molar-refractivity contribution is 7.88. The van der Waals surface area contributed by atoms with E-state index in [1.807, 2.05) is 0 Å². The Hall–Kier alpha value is -1.78. The predicted molar refractivity (Wildman–Crippen MR) is 105 cm³/mol. The van der Waals surface area contributed by atoms with E-state index in [0.717, 1.165) is 12.3 Å². The molecule has 5 rings (SSSR count). The summed E-state index contributed by atoms with van der Waals surface area (Å²) >= 11 is 0. The van der Waals surface area contributed by atoms with E-state index in [0.29, 0.717) is 44.2 Å². The van der Waals surface area contributed by atoms with Gasteiger partial charge in [-0.05, 0) is 44.1 Å². The first-order valence-corrected chi connectivity index (χ1v) is 12.1. The first-order chi connectivity index (χ1) is 14.2. The highest BCUT2D eigenvalue weighted by Crippen LogP contribution is 2.40. The monoisotopic (exact) mass is 444 g/mol. The number of nitrogens with one attached hydrogen (secondary N) is 1. The molecule has 166 valence electrons. The number of nitrogens with zero attached hydrogens (tertiary/aromatic N) is 1. The van der Waals surface area contributed by atoms with E-state index < -0.39 is 40.3 Å². The smallest absolute Gasteiger partial charge is 0.260 e. The third-order valence-electron chi connectivity index (χ3n) is 6.23. The Labute approximate surface area is 174 Å². The molecule has 1 saturated heterocycles. The molecule has 0 aromatic heterocycles. The molecule has 1 aromatic carbocycles. The molecule has 7 nitrogen and oxygen atoms in total. The highest BCUT2D eigenvalue weighted by Gasteiger charge is 2.40. The number of hydrogen-bond acceptors (Lipinski definition) is 5. The zero-order valence-electron chi connectivity index (χ0n) is 16.8. The van der Waals surface area contributed by atoms with E-state index in [2.05, 4.69) is 4.72 Å². The van der Waals surface area contributed by atoms with Crippen LogP contribution in [0.15, 0.2) is 12.1 Å². The Morgan fingerprint density at radius 1 is 1.13 bits per heavy atom. The fraction of sp³-hybridized carbons (Fsp3) is 0.650.